The lowest BCUT2D eigenvalue weighted by atomic mass is 10.1. The zero-order valence-corrected chi connectivity index (χ0v) is 15.7. The molecule has 3 aromatic rings. The van der Waals surface area contributed by atoms with E-state index in [1.54, 1.807) is 0 Å². The number of aliphatic imine (C=N–C) groups is 1. The van der Waals surface area contributed by atoms with Crippen LogP contribution >= 0.6 is 11.6 Å². The summed E-state index contributed by atoms with van der Waals surface area (Å²) in [6.45, 7) is 0. The normalized spacial score (nSPS) is 11.3. The van der Waals surface area contributed by atoms with Crippen molar-refractivity contribution in [2.24, 2.45) is 4.99 Å². The van der Waals surface area contributed by atoms with Crippen molar-refractivity contribution in [2.75, 3.05) is 19.0 Å². The molecule has 0 saturated heterocycles. The predicted molar refractivity (Wildman–Crippen MR) is 115 cm³/mol. The first kappa shape index (κ1) is 18.0. The molecule has 3 rings (SSSR count). The molecule has 0 saturated carbocycles. The molecule has 0 heterocycles. The minimum absolute atomic E-state index is 0.751. The van der Waals surface area contributed by atoms with E-state index in [1.165, 1.54) is 5.69 Å². The van der Waals surface area contributed by atoms with E-state index in [1.807, 2.05) is 56.7 Å². The van der Waals surface area contributed by atoms with Gasteiger partial charge < -0.3 is 4.90 Å². The molecule has 0 aliphatic carbocycles. The van der Waals surface area contributed by atoms with Gasteiger partial charge in [0.2, 0.25) is 0 Å². The Hall–Kier alpha value is -2.84. The molecule has 130 valence electrons. The Morgan fingerprint density at radius 3 is 1.73 bits per heavy atom. The average Bonchev–Trinajstić information content (AvgIpc) is 2.67. The van der Waals surface area contributed by atoms with Crippen molar-refractivity contribution in [1.82, 2.24) is 0 Å². The van der Waals surface area contributed by atoms with Gasteiger partial charge in [-0.1, -0.05) is 60.2 Å². The highest BCUT2D eigenvalue weighted by atomic mass is 35.5. The van der Waals surface area contributed by atoms with E-state index in [9.17, 15) is 0 Å². The van der Waals surface area contributed by atoms with Crippen LogP contribution in [0.5, 0.6) is 0 Å². The highest BCUT2D eigenvalue weighted by molar-refractivity contribution is 6.30. The first-order chi connectivity index (χ1) is 12.6. The van der Waals surface area contributed by atoms with Crippen LogP contribution < -0.4 is 4.90 Å². The van der Waals surface area contributed by atoms with Gasteiger partial charge in [0.05, 0.1) is 5.69 Å². The summed E-state index contributed by atoms with van der Waals surface area (Å²) in [5.74, 6) is 0. The van der Waals surface area contributed by atoms with E-state index in [4.69, 9.17) is 11.6 Å². The summed E-state index contributed by atoms with van der Waals surface area (Å²) >= 11 is 5.90. The van der Waals surface area contributed by atoms with Crippen molar-refractivity contribution in [2.45, 2.75) is 0 Å². The second kappa shape index (κ2) is 8.50. The van der Waals surface area contributed by atoms with Gasteiger partial charge in [-0.15, -0.1) is 0 Å². The molecular formula is C23H21ClN2. The predicted octanol–water partition coefficient (Wildman–Crippen LogP) is 6.33. The molecule has 0 bridgehead atoms. The summed E-state index contributed by atoms with van der Waals surface area (Å²) < 4.78 is 0. The first-order valence-corrected chi connectivity index (χ1v) is 8.83. The maximum Gasteiger partial charge on any atom is 0.0630 e. The third-order valence-electron chi connectivity index (χ3n) is 4.00. The van der Waals surface area contributed by atoms with Gasteiger partial charge in [-0.05, 0) is 53.1 Å². The SMILES string of the molecule is CN(C)c1ccc(C=Nc2ccc(/C=C/c3ccc(Cl)cc3)cc2)cc1. The van der Waals surface area contributed by atoms with Gasteiger partial charge in [0.1, 0.15) is 0 Å². The standard InChI is InChI=1S/C23H21ClN2/c1-26(2)23-15-9-20(10-16-23)17-25-22-13-7-19(8-14-22)4-3-18-5-11-21(24)12-6-18/h3-17H,1-2H3/b4-3+,25-17?. The van der Waals surface area contributed by atoms with Gasteiger partial charge in [0.25, 0.3) is 0 Å². The monoisotopic (exact) mass is 360 g/mol. The molecule has 26 heavy (non-hydrogen) atoms. The van der Waals surface area contributed by atoms with Gasteiger partial charge in [-0.3, -0.25) is 4.99 Å². The number of benzene rings is 3. The highest BCUT2D eigenvalue weighted by Gasteiger charge is 1.95. The molecule has 0 amide bonds. The lowest BCUT2D eigenvalue weighted by molar-refractivity contribution is 1.13. The number of nitrogens with zero attached hydrogens (tertiary/aromatic N) is 2. The topological polar surface area (TPSA) is 15.6 Å². The Morgan fingerprint density at radius 1 is 0.692 bits per heavy atom. The molecule has 3 aromatic carbocycles. The van der Waals surface area contributed by atoms with Crippen LogP contribution in [-0.2, 0) is 0 Å². The molecule has 2 nitrogen and oxygen atoms in total. The second-order valence-corrected chi connectivity index (χ2v) is 6.66. The fraction of sp³-hybridized carbons (Fsp3) is 0.0870. The van der Waals surface area contributed by atoms with Crippen molar-refractivity contribution >= 4 is 41.3 Å². The lowest BCUT2D eigenvalue weighted by Gasteiger charge is -2.11. The van der Waals surface area contributed by atoms with Crippen molar-refractivity contribution < 1.29 is 0 Å². The minimum Gasteiger partial charge on any atom is -0.378 e. The molecule has 0 unspecified atom stereocenters. The number of halogens is 1. The Labute approximate surface area is 160 Å². The van der Waals surface area contributed by atoms with Crippen LogP contribution in [0.25, 0.3) is 12.2 Å². The summed E-state index contributed by atoms with van der Waals surface area (Å²) in [7, 11) is 4.07. The van der Waals surface area contributed by atoms with Crippen LogP contribution in [0.3, 0.4) is 0 Å². The average molecular weight is 361 g/mol. The molecule has 0 spiro atoms. The zero-order chi connectivity index (χ0) is 18.4. The largest absolute Gasteiger partial charge is 0.378 e. The Balaban J connectivity index is 1.64. The quantitative estimate of drug-likeness (QED) is 0.383. The van der Waals surface area contributed by atoms with Gasteiger partial charge >= 0.3 is 0 Å². The number of anilines is 1. The Morgan fingerprint density at radius 2 is 1.19 bits per heavy atom. The van der Waals surface area contributed by atoms with Crippen LogP contribution in [0.1, 0.15) is 16.7 Å². The van der Waals surface area contributed by atoms with Crippen LogP contribution in [0.2, 0.25) is 5.02 Å². The Bertz CT molecular complexity index is 890. The highest BCUT2D eigenvalue weighted by Crippen LogP contribution is 2.17. The van der Waals surface area contributed by atoms with Gasteiger partial charge in [-0.2, -0.15) is 0 Å². The van der Waals surface area contributed by atoms with Crippen LogP contribution in [0.4, 0.5) is 11.4 Å². The van der Waals surface area contributed by atoms with Crippen molar-refractivity contribution in [3.63, 3.8) is 0 Å². The summed E-state index contributed by atoms with van der Waals surface area (Å²) in [6.07, 6.45) is 6.04. The van der Waals surface area contributed by atoms with E-state index in [2.05, 4.69) is 58.4 Å². The van der Waals surface area contributed by atoms with E-state index in [0.29, 0.717) is 0 Å². The summed E-state index contributed by atoms with van der Waals surface area (Å²) in [6, 6.07) is 24.3. The first-order valence-electron chi connectivity index (χ1n) is 8.45. The van der Waals surface area contributed by atoms with E-state index >= 15 is 0 Å². The van der Waals surface area contributed by atoms with E-state index in [-0.39, 0.29) is 0 Å². The zero-order valence-electron chi connectivity index (χ0n) is 14.9. The summed E-state index contributed by atoms with van der Waals surface area (Å²) in [5, 5.41) is 0.751. The minimum atomic E-state index is 0.751. The smallest absolute Gasteiger partial charge is 0.0630 e. The maximum absolute atomic E-state index is 5.90. The third-order valence-corrected chi connectivity index (χ3v) is 4.26. The van der Waals surface area contributed by atoms with Gasteiger partial charge in [0, 0.05) is 31.0 Å². The molecule has 3 heteroatoms. The molecule has 0 fully saturated rings. The van der Waals surface area contributed by atoms with E-state index < -0.39 is 0 Å². The van der Waals surface area contributed by atoms with Gasteiger partial charge in [-0.25, -0.2) is 0 Å². The summed E-state index contributed by atoms with van der Waals surface area (Å²) in [5.41, 5.74) is 5.46. The molecule has 0 radical (unpaired) electrons. The summed E-state index contributed by atoms with van der Waals surface area (Å²) in [4.78, 5) is 6.62. The molecule has 0 N–H and O–H groups in total. The van der Waals surface area contributed by atoms with Crippen LogP contribution in [0.15, 0.2) is 77.8 Å². The Kier molecular flexibility index (Phi) is 5.88. The van der Waals surface area contributed by atoms with Crippen molar-refractivity contribution in [1.29, 1.82) is 0 Å². The molecule has 0 aromatic heterocycles. The van der Waals surface area contributed by atoms with Crippen molar-refractivity contribution in [3.05, 3.63) is 94.5 Å². The second-order valence-electron chi connectivity index (χ2n) is 6.22. The van der Waals surface area contributed by atoms with Crippen molar-refractivity contribution in [3.8, 4) is 0 Å². The number of hydrogen-bond donors (Lipinski definition) is 0. The fourth-order valence-corrected chi connectivity index (χ4v) is 2.57. The third kappa shape index (κ3) is 5.08. The van der Waals surface area contributed by atoms with E-state index in [0.717, 1.165) is 27.4 Å². The maximum atomic E-state index is 5.90. The lowest BCUT2D eigenvalue weighted by Crippen LogP contribution is -2.08. The van der Waals surface area contributed by atoms with Crippen LogP contribution in [-0.4, -0.2) is 20.3 Å². The fourth-order valence-electron chi connectivity index (χ4n) is 2.45. The number of hydrogen-bond acceptors (Lipinski definition) is 2. The number of rotatable bonds is 5. The van der Waals surface area contributed by atoms with Crippen LogP contribution in [0, 0.1) is 0 Å². The molecule has 0 atom stereocenters. The molecule has 0 aliphatic heterocycles. The molecule has 0 aliphatic rings. The molecular weight excluding hydrogens is 340 g/mol. The van der Waals surface area contributed by atoms with Gasteiger partial charge in [0.15, 0.2) is 0 Å².